The molecule has 0 saturated carbocycles. The molecule has 0 bridgehead atoms. The fourth-order valence-corrected chi connectivity index (χ4v) is 4.77. The summed E-state index contributed by atoms with van der Waals surface area (Å²) >= 11 is 24.3. The molecule has 1 amide bonds. The van der Waals surface area contributed by atoms with Crippen molar-refractivity contribution < 1.29 is 18.7 Å². The van der Waals surface area contributed by atoms with Gasteiger partial charge in [0, 0.05) is 16.1 Å². The van der Waals surface area contributed by atoms with Gasteiger partial charge in [-0.3, -0.25) is 9.59 Å². The highest BCUT2D eigenvalue weighted by molar-refractivity contribution is 6.42. The summed E-state index contributed by atoms with van der Waals surface area (Å²) in [5.74, 6) is -2.54. The highest BCUT2D eigenvalue weighted by atomic mass is 35.5. The number of hydrogen-bond acceptors (Lipinski definition) is 3. The number of ether oxygens (including phenoxy) is 1. The van der Waals surface area contributed by atoms with Crippen molar-refractivity contribution in [1.82, 2.24) is 5.32 Å². The zero-order chi connectivity index (χ0) is 22.0. The summed E-state index contributed by atoms with van der Waals surface area (Å²) in [4.78, 5) is 25.1. The molecule has 1 N–H and O–H groups in total. The topological polar surface area (TPSA) is 55.4 Å². The Bertz CT molecular complexity index is 1000. The van der Waals surface area contributed by atoms with E-state index in [4.69, 9.17) is 51.1 Å². The number of benzene rings is 2. The molecular formula is C21H16Cl4FNO3. The fourth-order valence-electron chi connectivity index (χ4n) is 3.49. The van der Waals surface area contributed by atoms with Crippen LogP contribution in [0.4, 0.5) is 4.39 Å². The van der Waals surface area contributed by atoms with Gasteiger partial charge in [-0.15, -0.1) is 0 Å². The van der Waals surface area contributed by atoms with Gasteiger partial charge in [0.1, 0.15) is 5.82 Å². The molecule has 9 heteroatoms. The van der Waals surface area contributed by atoms with Gasteiger partial charge in [-0.25, -0.2) is 4.39 Å². The van der Waals surface area contributed by atoms with Crippen LogP contribution in [0.1, 0.15) is 28.3 Å². The first kappa shape index (κ1) is 22.9. The maximum absolute atomic E-state index is 13.4. The van der Waals surface area contributed by atoms with Gasteiger partial charge >= 0.3 is 5.97 Å². The molecule has 3 unspecified atom stereocenters. The number of carbonyl (C=O) groups is 2. The number of allylic oxidation sites excluding steroid dienone is 1. The molecule has 0 spiro atoms. The highest BCUT2D eigenvalue weighted by Gasteiger charge is 2.35. The van der Waals surface area contributed by atoms with E-state index in [0.717, 1.165) is 6.07 Å². The molecule has 0 radical (unpaired) electrons. The molecule has 4 nitrogen and oxygen atoms in total. The fraction of sp³-hybridized carbons (Fsp3) is 0.238. The average molecular weight is 491 g/mol. The van der Waals surface area contributed by atoms with Crippen molar-refractivity contribution in [2.75, 3.05) is 7.11 Å². The number of amides is 1. The zero-order valence-corrected chi connectivity index (χ0v) is 18.6. The van der Waals surface area contributed by atoms with Crippen molar-refractivity contribution in [3.8, 4) is 0 Å². The lowest BCUT2D eigenvalue weighted by Crippen LogP contribution is -2.34. The van der Waals surface area contributed by atoms with Crippen LogP contribution in [-0.4, -0.2) is 25.0 Å². The molecule has 0 fully saturated rings. The minimum atomic E-state index is -0.746. The van der Waals surface area contributed by atoms with Gasteiger partial charge < -0.3 is 10.1 Å². The number of carbonyl (C=O) groups excluding carboxylic acids is 2. The molecule has 1 aliphatic carbocycles. The summed E-state index contributed by atoms with van der Waals surface area (Å²) in [6.45, 7) is 0. The summed E-state index contributed by atoms with van der Waals surface area (Å²) < 4.78 is 18.4. The summed E-state index contributed by atoms with van der Waals surface area (Å²) in [7, 11) is 1.27. The van der Waals surface area contributed by atoms with E-state index in [0.29, 0.717) is 17.0 Å². The van der Waals surface area contributed by atoms with Crippen LogP contribution in [0.2, 0.25) is 20.1 Å². The first-order valence-electron chi connectivity index (χ1n) is 8.87. The zero-order valence-electron chi connectivity index (χ0n) is 15.6. The van der Waals surface area contributed by atoms with Gasteiger partial charge in [-0.1, -0.05) is 64.6 Å². The van der Waals surface area contributed by atoms with Gasteiger partial charge in [0.25, 0.3) is 5.91 Å². The molecule has 0 aromatic heterocycles. The third kappa shape index (κ3) is 4.92. The number of halogens is 5. The predicted molar refractivity (Wildman–Crippen MR) is 116 cm³/mol. The SMILES string of the molecule is COC(=O)C(c1ccc(F)cc1Cl)C1C=CC(NC(=O)c2c(Cl)cc(Cl)cc2Cl)C1. The van der Waals surface area contributed by atoms with Crippen LogP contribution in [-0.2, 0) is 9.53 Å². The van der Waals surface area contributed by atoms with Gasteiger partial charge in [0.15, 0.2) is 0 Å². The first-order chi connectivity index (χ1) is 14.2. The smallest absolute Gasteiger partial charge is 0.313 e. The first-order valence-corrected chi connectivity index (χ1v) is 10.4. The number of hydrogen-bond donors (Lipinski definition) is 1. The molecule has 0 saturated heterocycles. The monoisotopic (exact) mass is 489 g/mol. The third-order valence-corrected chi connectivity index (χ3v) is 5.99. The second-order valence-electron chi connectivity index (χ2n) is 6.78. The summed E-state index contributed by atoms with van der Waals surface area (Å²) in [6.07, 6.45) is 3.98. The molecule has 2 aromatic rings. The molecule has 2 aromatic carbocycles. The van der Waals surface area contributed by atoms with Crippen molar-refractivity contribution in [1.29, 1.82) is 0 Å². The molecule has 1 aliphatic rings. The van der Waals surface area contributed by atoms with E-state index >= 15 is 0 Å². The molecular weight excluding hydrogens is 475 g/mol. The Labute approximate surface area is 192 Å². The van der Waals surface area contributed by atoms with Gasteiger partial charge in [0.2, 0.25) is 0 Å². The van der Waals surface area contributed by atoms with Gasteiger partial charge in [0.05, 0.1) is 28.6 Å². The average Bonchev–Trinajstić information content (AvgIpc) is 3.10. The number of methoxy groups -OCH3 is 1. The van der Waals surface area contributed by atoms with Crippen LogP contribution in [0, 0.1) is 11.7 Å². The standard InChI is InChI=1S/C21H16Cl4FNO3/c1-30-21(29)18(14-5-3-12(26)9-15(14)23)10-2-4-13(6-10)27-20(28)19-16(24)7-11(22)8-17(19)25/h2-5,7-10,13,18H,6H2,1H3,(H,27,28). The van der Waals surface area contributed by atoms with Crippen molar-refractivity contribution in [2.24, 2.45) is 5.92 Å². The minimum Gasteiger partial charge on any atom is -0.469 e. The molecule has 0 aliphatic heterocycles. The number of nitrogens with one attached hydrogen (secondary N) is 1. The summed E-state index contributed by atoms with van der Waals surface area (Å²) in [5, 5.41) is 3.55. The van der Waals surface area contributed by atoms with Crippen molar-refractivity contribution in [3.63, 3.8) is 0 Å². The normalized spacial score (nSPS) is 18.9. The number of rotatable bonds is 5. The van der Waals surface area contributed by atoms with Gasteiger partial charge in [-0.05, 0) is 42.2 Å². The second-order valence-corrected chi connectivity index (χ2v) is 8.43. The lowest BCUT2D eigenvalue weighted by Gasteiger charge is -2.23. The Morgan fingerprint density at radius 1 is 1.07 bits per heavy atom. The third-order valence-electron chi connectivity index (χ3n) is 4.85. The van der Waals surface area contributed by atoms with Crippen molar-refractivity contribution >= 4 is 58.3 Å². The van der Waals surface area contributed by atoms with Crippen LogP contribution in [0.3, 0.4) is 0 Å². The van der Waals surface area contributed by atoms with E-state index in [1.165, 1.54) is 31.4 Å². The molecule has 0 heterocycles. The van der Waals surface area contributed by atoms with Gasteiger partial charge in [-0.2, -0.15) is 0 Å². The van der Waals surface area contributed by atoms with Crippen LogP contribution in [0.25, 0.3) is 0 Å². The number of esters is 1. The van der Waals surface area contributed by atoms with Crippen LogP contribution >= 0.6 is 46.4 Å². The molecule has 158 valence electrons. The van der Waals surface area contributed by atoms with E-state index < -0.39 is 23.6 Å². The molecule has 30 heavy (non-hydrogen) atoms. The maximum Gasteiger partial charge on any atom is 0.313 e. The van der Waals surface area contributed by atoms with Crippen LogP contribution < -0.4 is 5.32 Å². The predicted octanol–water partition coefficient (Wildman–Crippen LogP) is 6.07. The van der Waals surface area contributed by atoms with E-state index in [-0.39, 0.29) is 32.6 Å². The van der Waals surface area contributed by atoms with E-state index in [1.807, 2.05) is 0 Å². The van der Waals surface area contributed by atoms with Crippen molar-refractivity contribution in [3.05, 3.63) is 79.5 Å². The summed E-state index contributed by atoms with van der Waals surface area (Å²) in [5.41, 5.74) is 0.570. The van der Waals surface area contributed by atoms with E-state index in [9.17, 15) is 14.0 Å². The molecule has 3 rings (SSSR count). The van der Waals surface area contributed by atoms with E-state index in [1.54, 1.807) is 12.2 Å². The highest BCUT2D eigenvalue weighted by Crippen LogP contribution is 2.38. The van der Waals surface area contributed by atoms with Crippen molar-refractivity contribution in [2.45, 2.75) is 18.4 Å². The van der Waals surface area contributed by atoms with Crippen LogP contribution in [0.15, 0.2) is 42.5 Å². The molecule has 3 atom stereocenters. The Hall–Kier alpha value is -1.79. The lowest BCUT2D eigenvalue weighted by atomic mass is 9.85. The Morgan fingerprint density at radius 2 is 1.73 bits per heavy atom. The maximum atomic E-state index is 13.4. The Morgan fingerprint density at radius 3 is 2.33 bits per heavy atom. The van der Waals surface area contributed by atoms with Crippen LogP contribution in [0.5, 0.6) is 0 Å². The quantitative estimate of drug-likeness (QED) is 0.408. The Balaban J connectivity index is 1.78. The second kappa shape index (κ2) is 9.56. The Kier molecular flexibility index (Phi) is 7.30. The minimum absolute atomic E-state index is 0.116. The largest absolute Gasteiger partial charge is 0.469 e. The lowest BCUT2D eigenvalue weighted by molar-refractivity contribution is -0.143. The summed E-state index contributed by atoms with van der Waals surface area (Å²) in [6, 6.07) is 6.33. The van der Waals surface area contributed by atoms with E-state index in [2.05, 4.69) is 5.32 Å².